The summed E-state index contributed by atoms with van der Waals surface area (Å²) in [5.41, 5.74) is 0. The van der Waals surface area contributed by atoms with Crippen LogP contribution in [-0.2, 0) is 0 Å². The average molecular weight is 200 g/mol. The van der Waals surface area contributed by atoms with Crippen molar-refractivity contribution in [2.45, 2.75) is 0 Å². The van der Waals surface area contributed by atoms with Gasteiger partial charge < -0.3 is 15.3 Å². The Kier molecular flexibility index (Phi) is 24.2. The van der Waals surface area contributed by atoms with Crippen molar-refractivity contribution in [3.05, 3.63) is 0 Å². The molecule has 0 atom stereocenters. The predicted molar refractivity (Wildman–Crippen MR) is 53.4 cm³/mol. The van der Waals surface area contributed by atoms with E-state index in [0.29, 0.717) is 19.6 Å². The molecule has 0 saturated heterocycles. The van der Waals surface area contributed by atoms with Crippen LogP contribution in [0.15, 0.2) is 0 Å². The van der Waals surface area contributed by atoms with E-state index in [4.69, 9.17) is 15.3 Å². The summed E-state index contributed by atoms with van der Waals surface area (Å²) in [7, 11) is 0. The van der Waals surface area contributed by atoms with Crippen LogP contribution in [0.25, 0.3) is 0 Å². The van der Waals surface area contributed by atoms with Gasteiger partial charge in [-0.1, -0.05) is 0 Å². The molecule has 0 unspecified atom stereocenters. The van der Waals surface area contributed by atoms with Gasteiger partial charge in [-0.15, -0.1) is 0 Å². The third kappa shape index (κ3) is 11.6. The normalized spacial score (nSPS) is 9.00. The Morgan fingerprint density at radius 2 is 1.00 bits per heavy atom. The molecule has 4 nitrogen and oxygen atoms in total. The van der Waals surface area contributed by atoms with Gasteiger partial charge in [0.15, 0.2) is 0 Å². The molecular weight excluding hydrogens is 181 g/mol. The summed E-state index contributed by atoms with van der Waals surface area (Å²) in [6.07, 6.45) is 0. The fourth-order valence-corrected chi connectivity index (χ4v) is 0.760. The molecule has 0 spiro atoms. The van der Waals surface area contributed by atoms with Crippen LogP contribution < -0.4 is 0 Å². The average Bonchev–Trinajstić information content (AvgIpc) is 1.90. The van der Waals surface area contributed by atoms with Crippen molar-refractivity contribution in [1.82, 2.24) is 4.90 Å². The van der Waals surface area contributed by atoms with Crippen LogP contribution in [0.1, 0.15) is 0 Å². The van der Waals surface area contributed by atoms with Crippen LogP contribution in [0.4, 0.5) is 0 Å². The molecule has 0 aromatic carbocycles. The zero-order valence-electron chi connectivity index (χ0n) is 6.03. The first kappa shape index (κ1) is 19.2. The van der Waals surface area contributed by atoms with E-state index in [2.05, 4.69) is 0 Å². The Bertz CT molecular complexity index is 65.5. The molecule has 0 aliphatic heterocycles. The molecule has 0 rings (SSSR count). The first-order chi connectivity index (χ1) is 4.85. The van der Waals surface area contributed by atoms with Crippen molar-refractivity contribution in [3.63, 3.8) is 0 Å². The minimum absolute atomic E-state index is 0. The molecule has 0 heterocycles. The third-order valence-electron chi connectivity index (χ3n) is 1.25. The maximum absolute atomic E-state index is 8.48. The van der Waals surface area contributed by atoms with Gasteiger partial charge in [-0.3, -0.25) is 4.90 Å². The van der Waals surface area contributed by atoms with Gasteiger partial charge in [0.1, 0.15) is 0 Å². The van der Waals surface area contributed by atoms with Crippen LogP contribution in [0.2, 0.25) is 0 Å². The standard InChI is InChI=1S/C6H15NO3.Mg.Na.3H/c8-4-1-7(2-5-9)3-6-10;;;;;/h8-10H,1-6H2;;;;;. The van der Waals surface area contributed by atoms with E-state index in [9.17, 15) is 0 Å². The van der Waals surface area contributed by atoms with Crippen molar-refractivity contribution < 1.29 is 15.3 Å². The quantitative estimate of drug-likeness (QED) is 0.392. The molecule has 0 fully saturated rings. The van der Waals surface area contributed by atoms with Gasteiger partial charge in [-0.05, 0) is 0 Å². The number of aliphatic hydroxyl groups excluding tert-OH is 3. The third-order valence-corrected chi connectivity index (χ3v) is 1.25. The SMILES string of the molecule is OCCN(CCO)CCO.[MgH2].[NaH]. The Morgan fingerprint density at radius 1 is 0.750 bits per heavy atom. The van der Waals surface area contributed by atoms with Crippen molar-refractivity contribution in [3.8, 4) is 0 Å². The second kappa shape index (κ2) is 15.1. The molecular formula is C6H18MgNNaO3. The number of nitrogens with zero attached hydrogens (tertiary/aromatic N) is 1. The molecule has 6 heteroatoms. The predicted octanol–water partition coefficient (Wildman–Crippen LogP) is -3.30. The first-order valence-corrected chi connectivity index (χ1v) is 3.40. The van der Waals surface area contributed by atoms with E-state index in [0.717, 1.165) is 0 Å². The molecule has 0 amide bonds. The van der Waals surface area contributed by atoms with E-state index in [-0.39, 0.29) is 72.4 Å². The van der Waals surface area contributed by atoms with Crippen LogP contribution in [0, 0.1) is 0 Å². The molecule has 68 valence electrons. The van der Waals surface area contributed by atoms with E-state index < -0.39 is 0 Å². The van der Waals surface area contributed by atoms with Crippen LogP contribution in [-0.4, -0.2) is 112 Å². The van der Waals surface area contributed by atoms with Gasteiger partial charge in [0, 0.05) is 19.6 Å². The van der Waals surface area contributed by atoms with Gasteiger partial charge in [0.2, 0.25) is 0 Å². The molecule has 0 aromatic heterocycles. The minimum atomic E-state index is 0. The Morgan fingerprint density at radius 3 is 1.17 bits per heavy atom. The van der Waals surface area contributed by atoms with E-state index in [1.807, 2.05) is 0 Å². The van der Waals surface area contributed by atoms with Crippen molar-refractivity contribution in [1.29, 1.82) is 0 Å². The van der Waals surface area contributed by atoms with E-state index in [1.54, 1.807) is 4.90 Å². The number of hydrogen-bond donors (Lipinski definition) is 3. The monoisotopic (exact) mass is 199 g/mol. The fourth-order valence-electron chi connectivity index (χ4n) is 0.760. The summed E-state index contributed by atoms with van der Waals surface area (Å²) in [5.74, 6) is 0. The fraction of sp³-hybridized carbons (Fsp3) is 1.00. The number of rotatable bonds is 6. The maximum atomic E-state index is 8.48. The number of hydrogen-bond acceptors (Lipinski definition) is 4. The molecule has 0 aliphatic rings. The van der Waals surface area contributed by atoms with Gasteiger partial charge in [0.05, 0.1) is 19.8 Å². The first-order valence-electron chi connectivity index (χ1n) is 3.40. The summed E-state index contributed by atoms with van der Waals surface area (Å²) >= 11 is 0. The summed E-state index contributed by atoms with van der Waals surface area (Å²) in [5, 5.41) is 25.5. The summed E-state index contributed by atoms with van der Waals surface area (Å²) in [6.45, 7) is 1.75. The number of aliphatic hydroxyl groups is 3. The van der Waals surface area contributed by atoms with Gasteiger partial charge in [-0.2, -0.15) is 0 Å². The zero-order chi connectivity index (χ0) is 7.82. The second-order valence-electron chi connectivity index (χ2n) is 2.01. The van der Waals surface area contributed by atoms with Gasteiger partial charge in [0.25, 0.3) is 0 Å². The van der Waals surface area contributed by atoms with Crippen LogP contribution in [0.5, 0.6) is 0 Å². The van der Waals surface area contributed by atoms with E-state index in [1.165, 1.54) is 0 Å². The van der Waals surface area contributed by atoms with E-state index >= 15 is 0 Å². The summed E-state index contributed by atoms with van der Waals surface area (Å²) < 4.78 is 0. The van der Waals surface area contributed by atoms with Gasteiger partial charge >= 0.3 is 52.6 Å². The van der Waals surface area contributed by atoms with Crippen molar-refractivity contribution >= 4 is 52.6 Å². The van der Waals surface area contributed by atoms with Gasteiger partial charge in [-0.25, -0.2) is 0 Å². The summed E-state index contributed by atoms with van der Waals surface area (Å²) in [6, 6.07) is 0. The zero-order valence-corrected chi connectivity index (χ0v) is 6.03. The van der Waals surface area contributed by atoms with Crippen LogP contribution in [0.3, 0.4) is 0 Å². The topological polar surface area (TPSA) is 63.9 Å². The molecule has 0 aliphatic carbocycles. The van der Waals surface area contributed by atoms with Crippen molar-refractivity contribution in [2.24, 2.45) is 0 Å². The second-order valence-corrected chi connectivity index (χ2v) is 2.01. The molecule has 0 saturated carbocycles. The van der Waals surface area contributed by atoms with Crippen LogP contribution >= 0.6 is 0 Å². The molecule has 0 bridgehead atoms. The molecule has 12 heavy (non-hydrogen) atoms. The Hall–Kier alpha value is 1.61. The van der Waals surface area contributed by atoms with Crippen molar-refractivity contribution in [2.75, 3.05) is 39.5 Å². The summed E-state index contributed by atoms with van der Waals surface area (Å²) in [4.78, 5) is 1.79. The molecule has 3 N–H and O–H groups in total. The Labute approximate surface area is 111 Å². The molecule has 0 radical (unpaired) electrons. The Balaban J connectivity index is -0.000000405. The molecule has 0 aromatic rings.